The first-order chi connectivity index (χ1) is 6.96. The Kier molecular flexibility index (Phi) is 2.35. The highest BCUT2D eigenvalue weighted by Crippen LogP contribution is 2.32. The Labute approximate surface area is 91.3 Å². The monoisotopic (exact) mass is 205 g/mol. The number of hydrogen-bond acceptors (Lipinski definition) is 3. The van der Waals surface area contributed by atoms with Gasteiger partial charge >= 0.3 is 0 Å². The molecule has 0 aromatic heterocycles. The summed E-state index contributed by atoms with van der Waals surface area (Å²) in [5.74, 6) is 0. The van der Waals surface area contributed by atoms with Crippen molar-refractivity contribution >= 4 is 11.4 Å². The van der Waals surface area contributed by atoms with Crippen LogP contribution in [0.25, 0.3) is 0 Å². The first-order valence-corrected chi connectivity index (χ1v) is 5.34. The van der Waals surface area contributed by atoms with Crippen LogP contribution in [0.5, 0.6) is 0 Å². The van der Waals surface area contributed by atoms with Gasteiger partial charge in [-0.05, 0) is 38.5 Å². The van der Waals surface area contributed by atoms with E-state index in [0.29, 0.717) is 0 Å². The zero-order chi connectivity index (χ0) is 11.1. The third kappa shape index (κ3) is 2.23. The molecule has 0 radical (unpaired) electrons. The van der Waals surface area contributed by atoms with E-state index in [4.69, 9.17) is 5.73 Å². The van der Waals surface area contributed by atoms with Gasteiger partial charge in [0.15, 0.2) is 0 Å². The molecule has 1 heterocycles. The van der Waals surface area contributed by atoms with Crippen LogP contribution in [0.15, 0.2) is 18.2 Å². The molecule has 0 atom stereocenters. The fraction of sp³-hybridized carbons (Fsp3) is 0.500. The SMILES string of the molecule is Cc1ccc2c(c1)N(CC(C)(C)N)CN2. The molecular weight excluding hydrogens is 186 g/mol. The number of nitrogens with one attached hydrogen (secondary N) is 1. The van der Waals surface area contributed by atoms with E-state index in [0.717, 1.165) is 13.2 Å². The lowest BCUT2D eigenvalue weighted by molar-refractivity contribution is 0.514. The van der Waals surface area contributed by atoms with Crippen LogP contribution in [0.3, 0.4) is 0 Å². The van der Waals surface area contributed by atoms with Gasteiger partial charge in [0.1, 0.15) is 0 Å². The summed E-state index contributed by atoms with van der Waals surface area (Å²) in [4.78, 5) is 2.29. The van der Waals surface area contributed by atoms with Gasteiger partial charge in [-0.2, -0.15) is 0 Å². The molecule has 1 aliphatic heterocycles. The van der Waals surface area contributed by atoms with E-state index in [1.54, 1.807) is 0 Å². The van der Waals surface area contributed by atoms with Gasteiger partial charge in [-0.3, -0.25) is 0 Å². The Bertz CT molecular complexity index is 366. The van der Waals surface area contributed by atoms with Crippen LogP contribution in [0.2, 0.25) is 0 Å². The summed E-state index contributed by atoms with van der Waals surface area (Å²) >= 11 is 0. The van der Waals surface area contributed by atoms with E-state index in [9.17, 15) is 0 Å². The standard InChI is InChI=1S/C12H19N3/c1-9-4-5-10-11(6-9)15(8-14-10)7-12(2,3)13/h4-6,14H,7-8,13H2,1-3H3. The van der Waals surface area contributed by atoms with Crippen molar-refractivity contribution in [1.29, 1.82) is 0 Å². The van der Waals surface area contributed by atoms with Crippen molar-refractivity contribution in [1.82, 2.24) is 0 Å². The highest BCUT2D eigenvalue weighted by Gasteiger charge is 2.23. The molecule has 0 spiro atoms. The van der Waals surface area contributed by atoms with E-state index in [1.807, 2.05) is 0 Å². The molecule has 2 rings (SSSR count). The average molecular weight is 205 g/mol. The first-order valence-electron chi connectivity index (χ1n) is 5.34. The van der Waals surface area contributed by atoms with Crippen molar-refractivity contribution < 1.29 is 0 Å². The minimum absolute atomic E-state index is 0.160. The number of rotatable bonds is 2. The van der Waals surface area contributed by atoms with E-state index < -0.39 is 0 Å². The molecule has 1 aromatic carbocycles. The predicted octanol–water partition coefficient (Wildman–Crippen LogP) is 1.92. The fourth-order valence-electron chi connectivity index (χ4n) is 1.95. The third-order valence-electron chi connectivity index (χ3n) is 2.55. The van der Waals surface area contributed by atoms with E-state index in [-0.39, 0.29) is 5.54 Å². The van der Waals surface area contributed by atoms with Crippen molar-refractivity contribution in [2.45, 2.75) is 26.3 Å². The number of fused-ring (bicyclic) bond motifs is 1. The normalized spacial score (nSPS) is 15.1. The van der Waals surface area contributed by atoms with Gasteiger partial charge < -0.3 is 16.0 Å². The topological polar surface area (TPSA) is 41.3 Å². The van der Waals surface area contributed by atoms with Gasteiger partial charge in [-0.1, -0.05) is 6.07 Å². The smallest absolute Gasteiger partial charge is 0.0878 e. The van der Waals surface area contributed by atoms with Crippen LogP contribution in [-0.2, 0) is 0 Å². The average Bonchev–Trinajstić information content (AvgIpc) is 2.46. The van der Waals surface area contributed by atoms with Crippen molar-refractivity contribution in [3.05, 3.63) is 23.8 Å². The third-order valence-corrected chi connectivity index (χ3v) is 2.55. The summed E-state index contributed by atoms with van der Waals surface area (Å²) < 4.78 is 0. The number of aryl methyl sites for hydroxylation is 1. The molecule has 3 heteroatoms. The number of hydrogen-bond donors (Lipinski definition) is 2. The second-order valence-corrected chi connectivity index (χ2v) is 5.04. The number of anilines is 2. The van der Waals surface area contributed by atoms with Crippen molar-refractivity contribution in [2.75, 3.05) is 23.4 Å². The molecule has 0 unspecified atom stereocenters. The predicted molar refractivity (Wildman–Crippen MR) is 65.3 cm³/mol. The van der Waals surface area contributed by atoms with Gasteiger partial charge in [0.25, 0.3) is 0 Å². The van der Waals surface area contributed by atoms with Gasteiger partial charge in [-0.15, -0.1) is 0 Å². The largest absolute Gasteiger partial charge is 0.366 e. The zero-order valence-electron chi connectivity index (χ0n) is 9.67. The molecule has 1 aliphatic rings. The van der Waals surface area contributed by atoms with Crippen LogP contribution >= 0.6 is 0 Å². The fourth-order valence-corrected chi connectivity index (χ4v) is 1.95. The minimum atomic E-state index is -0.160. The lowest BCUT2D eigenvalue weighted by Gasteiger charge is -2.27. The van der Waals surface area contributed by atoms with Crippen LogP contribution < -0.4 is 16.0 Å². The Balaban J connectivity index is 2.24. The number of benzene rings is 1. The molecule has 0 saturated heterocycles. The summed E-state index contributed by atoms with van der Waals surface area (Å²) in [5.41, 5.74) is 9.66. The van der Waals surface area contributed by atoms with Crippen LogP contribution in [0, 0.1) is 6.92 Å². The lowest BCUT2D eigenvalue weighted by Crippen LogP contribution is -2.45. The molecule has 0 fully saturated rings. The summed E-state index contributed by atoms with van der Waals surface area (Å²) in [7, 11) is 0. The van der Waals surface area contributed by atoms with Crippen LogP contribution in [-0.4, -0.2) is 18.8 Å². The second-order valence-electron chi connectivity index (χ2n) is 5.04. The van der Waals surface area contributed by atoms with Gasteiger partial charge in [0.2, 0.25) is 0 Å². The summed E-state index contributed by atoms with van der Waals surface area (Å²) in [6.45, 7) is 7.96. The Morgan fingerprint density at radius 3 is 2.87 bits per heavy atom. The molecule has 82 valence electrons. The highest BCUT2D eigenvalue weighted by atomic mass is 15.3. The molecule has 0 bridgehead atoms. The zero-order valence-corrected chi connectivity index (χ0v) is 9.67. The Morgan fingerprint density at radius 1 is 1.47 bits per heavy atom. The molecular formula is C12H19N3. The van der Waals surface area contributed by atoms with Gasteiger partial charge in [-0.25, -0.2) is 0 Å². The number of nitrogens with zero attached hydrogens (tertiary/aromatic N) is 1. The van der Waals surface area contributed by atoms with Crippen LogP contribution in [0.1, 0.15) is 19.4 Å². The van der Waals surface area contributed by atoms with Crippen molar-refractivity contribution in [3.8, 4) is 0 Å². The molecule has 0 aliphatic carbocycles. The molecule has 3 N–H and O–H groups in total. The lowest BCUT2D eigenvalue weighted by atomic mass is 10.1. The Hall–Kier alpha value is -1.22. The summed E-state index contributed by atoms with van der Waals surface area (Å²) in [6.07, 6.45) is 0. The van der Waals surface area contributed by atoms with E-state index in [1.165, 1.54) is 16.9 Å². The van der Waals surface area contributed by atoms with Gasteiger partial charge in [0, 0.05) is 12.1 Å². The first kappa shape index (κ1) is 10.3. The maximum atomic E-state index is 6.04. The summed E-state index contributed by atoms with van der Waals surface area (Å²) in [6, 6.07) is 6.47. The Morgan fingerprint density at radius 2 is 2.20 bits per heavy atom. The molecule has 0 amide bonds. The van der Waals surface area contributed by atoms with Crippen LogP contribution in [0.4, 0.5) is 11.4 Å². The van der Waals surface area contributed by atoms with E-state index in [2.05, 4.69) is 49.2 Å². The molecule has 15 heavy (non-hydrogen) atoms. The quantitative estimate of drug-likeness (QED) is 0.775. The van der Waals surface area contributed by atoms with Gasteiger partial charge in [0.05, 0.1) is 18.0 Å². The molecule has 0 saturated carbocycles. The highest BCUT2D eigenvalue weighted by molar-refractivity contribution is 5.75. The number of nitrogens with two attached hydrogens (primary N) is 1. The molecule has 1 aromatic rings. The maximum absolute atomic E-state index is 6.04. The maximum Gasteiger partial charge on any atom is 0.0878 e. The second kappa shape index (κ2) is 3.42. The van der Waals surface area contributed by atoms with E-state index >= 15 is 0 Å². The molecule has 3 nitrogen and oxygen atoms in total. The van der Waals surface area contributed by atoms with Crippen molar-refractivity contribution in [2.24, 2.45) is 5.73 Å². The van der Waals surface area contributed by atoms with Crippen molar-refractivity contribution in [3.63, 3.8) is 0 Å². The summed E-state index contributed by atoms with van der Waals surface area (Å²) in [5, 5.41) is 3.37. The minimum Gasteiger partial charge on any atom is -0.366 e.